The van der Waals surface area contributed by atoms with Gasteiger partial charge in [-0.2, -0.15) is 0 Å². The standard InChI is InChI=1S/C65H64N2S/c1-61(2,3)41-27-31-55-49(37-41)50-38-42(62(4,5)6)28-32-56(50)66(55)47-21-17-19-45(35-47)65(53-23-13-15-25-59(53)68-60-26-16-14-24-54(60)65)46-20-18-22-48(36-46)67-57-33-29-43(63(7,8)9)39-51(57)52-40-44(64(10,11)12)30-34-58(52)67/h13-40H,1-12H3. The fourth-order valence-corrected chi connectivity index (χ4v) is 12.2. The average molecular weight is 905 g/mol. The second-order valence-electron chi connectivity index (χ2n) is 23.5. The van der Waals surface area contributed by atoms with Crippen molar-refractivity contribution in [2.45, 2.75) is 120 Å². The molecule has 1 aliphatic rings. The minimum absolute atomic E-state index is 0.0226. The van der Waals surface area contributed by atoms with Gasteiger partial charge < -0.3 is 9.13 Å². The Morgan fingerprint density at radius 1 is 0.324 bits per heavy atom. The number of hydrogen-bond donors (Lipinski definition) is 0. The van der Waals surface area contributed by atoms with Gasteiger partial charge in [-0.3, -0.25) is 0 Å². The van der Waals surface area contributed by atoms with E-state index in [1.807, 2.05) is 11.8 Å². The third kappa shape index (κ3) is 6.98. The van der Waals surface area contributed by atoms with Crippen LogP contribution in [0.1, 0.15) is 128 Å². The zero-order valence-electron chi connectivity index (χ0n) is 42.0. The Labute approximate surface area is 408 Å². The SMILES string of the molecule is CC(C)(C)c1ccc2c(c1)c1cc(C(C)(C)C)ccc1n2-c1cccc(C2(c3cccc(-n4c5ccc(C(C)(C)C)cc5c5cc(C(C)(C)C)ccc54)c3)c3ccccc3Sc3ccccc32)c1. The molecular formula is C65H64N2S. The van der Waals surface area contributed by atoms with Crippen molar-refractivity contribution >= 4 is 55.4 Å². The molecule has 0 spiro atoms. The van der Waals surface area contributed by atoms with Gasteiger partial charge in [0.25, 0.3) is 0 Å². The molecule has 3 heteroatoms. The molecule has 11 rings (SSSR count). The molecule has 0 radical (unpaired) electrons. The highest BCUT2D eigenvalue weighted by Gasteiger charge is 2.44. The molecule has 8 aromatic carbocycles. The lowest BCUT2D eigenvalue weighted by molar-refractivity contribution is 0.590. The minimum atomic E-state index is -0.639. The zero-order valence-corrected chi connectivity index (χ0v) is 42.8. The number of benzene rings is 8. The van der Waals surface area contributed by atoms with Crippen LogP contribution in [-0.4, -0.2) is 9.13 Å². The Balaban J connectivity index is 1.20. The van der Waals surface area contributed by atoms with Gasteiger partial charge in [-0.05, 0) is 151 Å². The van der Waals surface area contributed by atoms with Crippen LogP contribution in [0, 0.1) is 0 Å². The van der Waals surface area contributed by atoms with E-state index in [4.69, 9.17) is 0 Å². The lowest BCUT2D eigenvalue weighted by Gasteiger charge is -2.42. The van der Waals surface area contributed by atoms with Crippen molar-refractivity contribution in [3.8, 4) is 11.4 Å². The first-order valence-corrected chi connectivity index (χ1v) is 25.3. The lowest BCUT2D eigenvalue weighted by Crippen LogP contribution is -2.34. The van der Waals surface area contributed by atoms with Crippen molar-refractivity contribution in [1.29, 1.82) is 0 Å². The van der Waals surface area contributed by atoms with Crippen LogP contribution in [0.5, 0.6) is 0 Å². The normalized spacial score (nSPS) is 14.2. The van der Waals surface area contributed by atoms with E-state index < -0.39 is 5.41 Å². The smallest absolute Gasteiger partial charge is 0.0724 e. The Bertz CT molecular complexity index is 3260. The molecule has 0 fully saturated rings. The molecule has 0 N–H and O–H groups in total. The van der Waals surface area contributed by atoms with E-state index in [0.717, 1.165) is 11.4 Å². The molecule has 2 nitrogen and oxygen atoms in total. The van der Waals surface area contributed by atoms with E-state index in [9.17, 15) is 0 Å². The van der Waals surface area contributed by atoms with Gasteiger partial charge >= 0.3 is 0 Å². The highest BCUT2D eigenvalue weighted by atomic mass is 32.2. The molecule has 0 aliphatic carbocycles. The summed E-state index contributed by atoms with van der Waals surface area (Å²) in [5.74, 6) is 0. The summed E-state index contributed by atoms with van der Waals surface area (Å²) < 4.78 is 5.03. The van der Waals surface area contributed by atoms with Gasteiger partial charge in [-0.25, -0.2) is 0 Å². The largest absolute Gasteiger partial charge is 0.309 e. The highest BCUT2D eigenvalue weighted by molar-refractivity contribution is 7.99. The summed E-state index contributed by atoms with van der Waals surface area (Å²) in [6.45, 7) is 27.8. The molecule has 0 unspecified atom stereocenters. The third-order valence-corrected chi connectivity index (χ3v) is 16.0. The second-order valence-corrected chi connectivity index (χ2v) is 24.6. The Kier molecular flexibility index (Phi) is 9.99. The summed E-state index contributed by atoms with van der Waals surface area (Å²) in [4.78, 5) is 2.56. The lowest BCUT2D eigenvalue weighted by atomic mass is 9.64. The zero-order chi connectivity index (χ0) is 47.7. The van der Waals surface area contributed by atoms with Crippen molar-refractivity contribution in [2.24, 2.45) is 0 Å². The maximum atomic E-state index is 2.52. The third-order valence-electron chi connectivity index (χ3n) is 14.9. The van der Waals surface area contributed by atoms with Crippen molar-refractivity contribution in [3.05, 3.63) is 214 Å². The van der Waals surface area contributed by atoms with E-state index in [1.54, 1.807) is 0 Å². The van der Waals surface area contributed by atoms with Gasteiger partial charge in [-0.15, -0.1) is 0 Å². The number of rotatable bonds is 4. The molecular weight excluding hydrogens is 841 g/mol. The predicted molar refractivity (Wildman–Crippen MR) is 292 cm³/mol. The van der Waals surface area contributed by atoms with Crippen molar-refractivity contribution in [2.75, 3.05) is 0 Å². The summed E-state index contributed by atoms with van der Waals surface area (Å²) >= 11 is 1.89. The van der Waals surface area contributed by atoms with Crippen LogP contribution in [0.3, 0.4) is 0 Å². The second kappa shape index (κ2) is 15.4. The maximum Gasteiger partial charge on any atom is 0.0724 e. The van der Waals surface area contributed by atoms with Crippen LogP contribution in [0.2, 0.25) is 0 Å². The quantitative estimate of drug-likeness (QED) is 0.171. The molecule has 0 saturated carbocycles. The van der Waals surface area contributed by atoms with Crippen LogP contribution in [0.15, 0.2) is 180 Å². The number of aromatic nitrogens is 2. The Hall–Kier alpha value is -6.29. The first-order chi connectivity index (χ1) is 32.2. The van der Waals surface area contributed by atoms with E-state index in [-0.39, 0.29) is 21.7 Å². The highest BCUT2D eigenvalue weighted by Crippen LogP contribution is 2.56. The monoisotopic (exact) mass is 904 g/mol. The topological polar surface area (TPSA) is 9.86 Å². The van der Waals surface area contributed by atoms with Gasteiger partial charge in [0.2, 0.25) is 0 Å². The molecule has 0 bridgehead atoms. The predicted octanol–water partition coefficient (Wildman–Crippen LogP) is 17.9. The molecule has 340 valence electrons. The molecule has 2 aromatic heterocycles. The van der Waals surface area contributed by atoms with E-state index in [2.05, 4.69) is 262 Å². The summed E-state index contributed by atoms with van der Waals surface area (Å²) in [5.41, 5.74) is 17.1. The van der Waals surface area contributed by atoms with Crippen LogP contribution >= 0.6 is 11.8 Å². The van der Waals surface area contributed by atoms with E-state index in [1.165, 1.54) is 97.9 Å². The Morgan fingerprint density at radius 3 is 0.941 bits per heavy atom. The van der Waals surface area contributed by atoms with Gasteiger partial charge in [0.05, 0.1) is 27.5 Å². The summed E-state index contributed by atoms with van der Waals surface area (Å²) in [6, 6.07) is 65.8. The fraction of sp³-hybridized carbons (Fsp3) is 0.262. The maximum absolute atomic E-state index is 2.52. The minimum Gasteiger partial charge on any atom is -0.309 e. The van der Waals surface area contributed by atoms with Crippen LogP contribution in [-0.2, 0) is 27.1 Å². The number of fused-ring (bicyclic) bond motifs is 8. The van der Waals surface area contributed by atoms with Crippen LogP contribution in [0.4, 0.5) is 0 Å². The molecule has 0 amide bonds. The molecule has 0 atom stereocenters. The first-order valence-electron chi connectivity index (χ1n) is 24.5. The molecule has 68 heavy (non-hydrogen) atoms. The van der Waals surface area contributed by atoms with Gasteiger partial charge in [0.15, 0.2) is 0 Å². The van der Waals surface area contributed by atoms with Crippen LogP contribution < -0.4 is 0 Å². The summed E-state index contributed by atoms with van der Waals surface area (Å²) in [7, 11) is 0. The molecule has 10 aromatic rings. The fourth-order valence-electron chi connectivity index (χ4n) is 11.0. The number of hydrogen-bond acceptors (Lipinski definition) is 1. The van der Waals surface area contributed by atoms with Gasteiger partial charge in [-0.1, -0.05) is 180 Å². The van der Waals surface area contributed by atoms with Crippen molar-refractivity contribution in [3.63, 3.8) is 0 Å². The van der Waals surface area contributed by atoms with E-state index in [0.29, 0.717) is 0 Å². The first kappa shape index (κ1) is 44.2. The van der Waals surface area contributed by atoms with Gasteiger partial charge in [0.1, 0.15) is 0 Å². The Morgan fingerprint density at radius 2 is 0.632 bits per heavy atom. The summed E-state index contributed by atoms with van der Waals surface area (Å²) in [6.07, 6.45) is 0. The summed E-state index contributed by atoms with van der Waals surface area (Å²) in [5, 5.41) is 5.19. The average Bonchev–Trinajstić information content (AvgIpc) is 3.81. The van der Waals surface area contributed by atoms with Gasteiger partial charge in [0, 0.05) is 42.7 Å². The molecule has 1 aliphatic heterocycles. The van der Waals surface area contributed by atoms with E-state index >= 15 is 0 Å². The van der Waals surface area contributed by atoms with Crippen LogP contribution in [0.25, 0.3) is 55.0 Å². The van der Waals surface area contributed by atoms with Crippen molar-refractivity contribution < 1.29 is 0 Å². The molecule has 3 heterocycles. The van der Waals surface area contributed by atoms with Crippen molar-refractivity contribution in [1.82, 2.24) is 9.13 Å². The molecule has 0 saturated heterocycles. The number of nitrogens with zero attached hydrogens (tertiary/aromatic N) is 2.